The minimum atomic E-state index is 0.0194. The van der Waals surface area contributed by atoms with Gasteiger partial charge in [-0.25, -0.2) is 4.98 Å². The molecule has 2 aromatic rings. The molecule has 1 saturated heterocycles. The molecule has 3 rings (SSSR count). The number of nitrogens with one attached hydrogen (secondary N) is 1. The van der Waals surface area contributed by atoms with E-state index in [9.17, 15) is 4.79 Å². The Hall–Kier alpha value is -1.59. The van der Waals surface area contributed by atoms with E-state index in [1.54, 1.807) is 23.1 Å². The molecule has 0 radical (unpaired) electrons. The topological polar surface area (TPSA) is 58.2 Å². The van der Waals surface area contributed by atoms with Crippen molar-refractivity contribution in [3.63, 3.8) is 0 Å². The number of halogens is 1. The summed E-state index contributed by atoms with van der Waals surface area (Å²) >= 11 is 5.79. The SMILES string of the molecule is O=C(c1ccc2nc(Cl)[nH]c2c1)N1CCOCC1. The van der Waals surface area contributed by atoms with Gasteiger partial charge in [0.1, 0.15) is 0 Å². The number of nitrogens with zero attached hydrogens (tertiary/aromatic N) is 2. The molecule has 0 bridgehead atoms. The summed E-state index contributed by atoms with van der Waals surface area (Å²) in [5, 5.41) is 0.334. The number of morpholine rings is 1. The Labute approximate surface area is 109 Å². The van der Waals surface area contributed by atoms with E-state index < -0.39 is 0 Å². The maximum atomic E-state index is 12.3. The van der Waals surface area contributed by atoms with Gasteiger partial charge in [-0.1, -0.05) is 0 Å². The first kappa shape index (κ1) is 11.5. The summed E-state index contributed by atoms with van der Waals surface area (Å²) in [4.78, 5) is 21.1. The molecule has 1 aromatic heterocycles. The Morgan fingerprint density at radius 1 is 1.39 bits per heavy atom. The Balaban J connectivity index is 1.90. The maximum absolute atomic E-state index is 12.3. The third-order valence-corrected chi connectivity index (χ3v) is 3.18. The van der Waals surface area contributed by atoms with Gasteiger partial charge in [0.05, 0.1) is 24.2 Å². The molecule has 0 atom stereocenters. The number of carbonyl (C=O) groups is 1. The number of H-pyrrole nitrogens is 1. The van der Waals surface area contributed by atoms with E-state index in [2.05, 4.69) is 9.97 Å². The largest absolute Gasteiger partial charge is 0.378 e. The molecule has 5 nitrogen and oxygen atoms in total. The zero-order valence-electron chi connectivity index (χ0n) is 9.65. The molecule has 0 aliphatic carbocycles. The zero-order valence-corrected chi connectivity index (χ0v) is 10.4. The normalized spacial score (nSPS) is 16.2. The molecule has 94 valence electrons. The first-order valence-corrected chi connectivity index (χ1v) is 6.14. The first-order valence-electron chi connectivity index (χ1n) is 5.76. The fourth-order valence-corrected chi connectivity index (χ4v) is 2.25. The predicted molar refractivity (Wildman–Crippen MR) is 67.8 cm³/mol. The Kier molecular flexibility index (Phi) is 2.93. The van der Waals surface area contributed by atoms with Gasteiger partial charge in [-0.3, -0.25) is 4.79 Å². The average Bonchev–Trinajstić information content (AvgIpc) is 2.78. The van der Waals surface area contributed by atoms with Crippen molar-refractivity contribution in [3.8, 4) is 0 Å². The number of hydrogen-bond donors (Lipinski definition) is 1. The van der Waals surface area contributed by atoms with Crippen molar-refractivity contribution in [1.82, 2.24) is 14.9 Å². The van der Waals surface area contributed by atoms with Crippen LogP contribution in [0.5, 0.6) is 0 Å². The second-order valence-electron chi connectivity index (χ2n) is 4.16. The Bertz CT molecular complexity index is 590. The lowest BCUT2D eigenvalue weighted by molar-refractivity contribution is 0.0303. The van der Waals surface area contributed by atoms with Gasteiger partial charge in [0.2, 0.25) is 5.28 Å². The van der Waals surface area contributed by atoms with Gasteiger partial charge in [0.25, 0.3) is 5.91 Å². The van der Waals surface area contributed by atoms with Gasteiger partial charge in [-0.05, 0) is 29.8 Å². The molecule has 0 saturated carbocycles. The fraction of sp³-hybridized carbons (Fsp3) is 0.333. The van der Waals surface area contributed by atoms with Gasteiger partial charge in [0.15, 0.2) is 0 Å². The van der Waals surface area contributed by atoms with Crippen LogP contribution in [0.15, 0.2) is 18.2 Å². The lowest BCUT2D eigenvalue weighted by atomic mass is 10.1. The number of ether oxygens (including phenoxy) is 1. The number of aromatic amines is 1. The smallest absolute Gasteiger partial charge is 0.254 e. The predicted octanol–water partition coefficient (Wildman–Crippen LogP) is 1.69. The number of amides is 1. The molecular weight excluding hydrogens is 254 g/mol. The van der Waals surface area contributed by atoms with E-state index in [0.29, 0.717) is 37.2 Å². The summed E-state index contributed by atoms with van der Waals surface area (Å²) in [6, 6.07) is 5.36. The molecule has 2 heterocycles. The number of benzene rings is 1. The number of hydrogen-bond acceptors (Lipinski definition) is 3. The van der Waals surface area contributed by atoms with Gasteiger partial charge < -0.3 is 14.6 Å². The molecule has 6 heteroatoms. The molecule has 1 N–H and O–H groups in total. The van der Waals surface area contributed by atoms with Crippen LogP contribution in [-0.2, 0) is 4.74 Å². The molecule has 1 aromatic carbocycles. The maximum Gasteiger partial charge on any atom is 0.254 e. The van der Waals surface area contributed by atoms with Crippen LogP contribution in [0, 0.1) is 0 Å². The summed E-state index contributed by atoms with van der Waals surface area (Å²) < 4.78 is 5.23. The van der Waals surface area contributed by atoms with E-state index in [0.717, 1.165) is 11.0 Å². The molecule has 18 heavy (non-hydrogen) atoms. The third kappa shape index (κ3) is 2.07. The molecule has 1 aliphatic rings. The van der Waals surface area contributed by atoms with Crippen molar-refractivity contribution in [1.29, 1.82) is 0 Å². The highest BCUT2D eigenvalue weighted by Crippen LogP contribution is 2.17. The summed E-state index contributed by atoms with van der Waals surface area (Å²) in [6.07, 6.45) is 0. The summed E-state index contributed by atoms with van der Waals surface area (Å²) in [7, 11) is 0. The Morgan fingerprint density at radius 3 is 2.94 bits per heavy atom. The second-order valence-corrected chi connectivity index (χ2v) is 4.52. The van der Waals surface area contributed by atoms with Crippen molar-refractivity contribution < 1.29 is 9.53 Å². The van der Waals surface area contributed by atoms with Crippen LogP contribution in [0.1, 0.15) is 10.4 Å². The van der Waals surface area contributed by atoms with E-state index in [4.69, 9.17) is 16.3 Å². The van der Waals surface area contributed by atoms with Crippen LogP contribution in [0.2, 0.25) is 5.28 Å². The van der Waals surface area contributed by atoms with Crippen molar-refractivity contribution in [2.24, 2.45) is 0 Å². The minimum Gasteiger partial charge on any atom is -0.378 e. The van der Waals surface area contributed by atoms with Gasteiger partial charge in [-0.15, -0.1) is 0 Å². The van der Waals surface area contributed by atoms with Crippen molar-refractivity contribution in [2.45, 2.75) is 0 Å². The lowest BCUT2D eigenvalue weighted by Gasteiger charge is -2.26. The average molecular weight is 266 g/mol. The van der Waals surface area contributed by atoms with Crippen molar-refractivity contribution in [3.05, 3.63) is 29.0 Å². The lowest BCUT2D eigenvalue weighted by Crippen LogP contribution is -2.40. The monoisotopic (exact) mass is 265 g/mol. The van der Waals surface area contributed by atoms with Crippen molar-refractivity contribution in [2.75, 3.05) is 26.3 Å². The molecule has 1 fully saturated rings. The number of imidazole rings is 1. The first-order chi connectivity index (χ1) is 8.74. The van der Waals surface area contributed by atoms with Gasteiger partial charge in [0, 0.05) is 18.7 Å². The summed E-state index contributed by atoms with van der Waals surface area (Å²) in [5.74, 6) is 0.0194. The molecular formula is C12H12ClN3O2. The van der Waals surface area contributed by atoms with E-state index in [1.807, 2.05) is 0 Å². The highest BCUT2D eigenvalue weighted by atomic mass is 35.5. The highest BCUT2D eigenvalue weighted by Gasteiger charge is 2.18. The standard InChI is InChI=1S/C12H12ClN3O2/c13-12-14-9-2-1-8(7-10(9)15-12)11(17)16-3-5-18-6-4-16/h1-2,7H,3-6H2,(H,14,15). The molecule has 0 unspecified atom stereocenters. The van der Waals surface area contributed by atoms with Crippen molar-refractivity contribution >= 4 is 28.5 Å². The highest BCUT2D eigenvalue weighted by molar-refractivity contribution is 6.29. The zero-order chi connectivity index (χ0) is 12.5. The number of rotatable bonds is 1. The number of aromatic nitrogens is 2. The van der Waals surface area contributed by atoms with E-state index in [-0.39, 0.29) is 5.91 Å². The van der Waals surface area contributed by atoms with Crippen LogP contribution in [0.25, 0.3) is 11.0 Å². The molecule has 1 amide bonds. The summed E-state index contributed by atoms with van der Waals surface area (Å²) in [5.41, 5.74) is 2.18. The number of carbonyl (C=O) groups excluding carboxylic acids is 1. The Morgan fingerprint density at radius 2 is 2.17 bits per heavy atom. The van der Waals surface area contributed by atoms with E-state index >= 15 is 0 Å². The summed E-state index contributed by atoms with van der Waals surface area (Å²) in [6.45, 7) is 2.48. The number of fused-ring (bicyclic) bond motifs is 1. The molecule has 0 spiro atoms. The van der Waals surface area contributed by atoms with Crippen LogP contribution in [-0.4, -0.2) is 47.1 Å². The minimum absolute atomic E-state index is 0.0194. The fourth-order valence-electron chi connectivity index (χ4n) is 2.06. The quantitative estimate of drug-likeness (QED) is 0.854. The third-order valence-electron chi connectivity index (χ3n) is 3.00. The van der Waals surface area contributed by atoms with Gasteiger partial charge in [-0.2, -0.15) is 0 Å². The second kappa shape index (κ2) is 4.59. The van der Waals surface area contributed by atoms with Crippen LogP contribution < -0.4 is 0 Å². The van der Waals surface area contributed by atoms with Crippen LogP contribution >= 0.6 is 11.6 Å². The van der Waals surface area contributed by atoms with Crippen LogP contribution in [0.3, 0.4) is 0 Å². The van der Waals surface area contributed by atoms with E-state index in [1.165, 1.54) is 0 Å². The molecule has 1 aliphatic heterocycles. The van der Waals surface area contributed by atoms with Crippen LogP contribution in [0.4, 0.5) is 0 Å². The van der Waals surface area contributed by atoms with Gasteiger partial charge >= 0.3 is 0 Å².